The average molecular weight is 221 g/mol. The van der Waals surface area contributed by atoms with E-state index in [9.17, 15) is 4.79 Å². The summed E-state index contributed by atoms with van der Waals surface area (Å²) in [6, 6.07) is 7.95. The molecule has 1 rings (SSSR count). The molecule has 0 aromatic heterocycles. The smallest absolute Gasteiger partial charge is 0.324 e. The van der Waals surface area contributed by atoms with Gasteiger partial charge >= 0.3 is 5.97 Å². The van der Waals surface area contributed by atoms with Crippen LogP contribution in [0.3, 0.4) is 0 Å². The largest absolute Gasteiger partial charge is 0.480 e. The van der Waals surface area contributed by atoms with Crippen LogP contribution in [0.2, 0.25) is 0 Å². The lowest BCUT2D eigenvalue weighted by molar-refractivity contribution is -0.143. The SMILES string of the molecule is CCc1ccc(C(C)C(C)(N)C(=O)O)cc1. The van der Waals surface area contributed by atoms with Gasteiger partial charge in [-0.15, -0.1) is 0 Å². The molecule has 0 heterocycles. The van der Waals surface area contributed by atoms with E-state index in [0.717, 1.165) is 12.0 Å². The van der Waals surface area contributed by atoms with Crippen LogP contribution in [0, 0.1) is 0 Å². The zero-order valence-corrected chi connectivity index (χ0v) is 10.0. The predicted molar refractivity (Wildman–Crippen MR) is 64.5 cm³/mol. The maximum absolute atomic E-state index is 11.0. The van der Waals surface area contributed by atoms with Crippen molar-refractivity contribution in [3.63, 3.8) is 0 Å². The third kappa shape index (κ3) is 2.42. The molecule has 1 aromatic rings. The summed E-state index contributed by atoms with van der Waals surface area (Å²) in [5.74, 6) is -1.18. The van der Waals surface area contributed by atoms with Crippen LogP contribution >= 0.6 is 0 Å². The molecule has 0 aliphatic rings. The molecule has 0 aliphatic heterocycles. The number of carboxylic acid groups (broad SMARTS) is 1. The molecule has 2 atom stereocenters. The maximum Gasteiger partial charge on any atom is 0.324 e. The Hall–Kier alpha value is -1.35. The van der Waals surface area contributed by atoms with E-state index in [2.05, 4.69) is 6.92 Å². The van der Waals surface area contributed by atoms with Gasteiger partial charge in [0, 0.05) is 5.92 Å². The molecule has 0 saturated heterocycles. The molecule has 0 aliphatic carbocycles. The number of carboxylic acids is 1. The van der Waals surface area contributed by atoms with Gasteiger partial charge in [-0.2, -0.15) is 0 Å². The topological polar surface area (TPSA) is 63.3 Å². The summed E-state index contributed by atoms with van der Waals surface area (Å²) in [7, 11) is 0. The van der Waals surface area contributed by atoms with Crippen LogP contribution in [0.25, 0.3) is 0 Å². The van der Waals surface area contributed by atoms with Gasteiger partial charge in [-0.3, -0.25) is 4.79 Å². The molecule has 1 aromatic carbocycles. The van der Waals surface area contributed by atoms with Gasteiger partial charge in [-0.05, 0) is 24.5 Å². The van der Waals surface area contributed by atoms with Crippen LogP contribution in [0.15, 0.2) is 24.3 Å². The van der Waals surface area contributed by atoms with Gasteiger partial charge in [-0.25, -0.2) is 0 Å². The fourth-order valence-electron chi connectivity index (χ4n) is 1.57. The molecule has 2 unspecified atom stereocenters. The van der Waals surface area contributed by atoms with E-state index in [1.807, 2.05) is 31.2 Å². The Balaban J connectivity index is 2.96. The summed E-state index contributed by atoms with van der Waals surface area (Å²) >= 11 is 0. The number of hydrogen-bond acceptors (Lipinski definition) is 2. The van der Waals surface area contributed by atoms with Crippen LogP contribution < -0.4 is 5.73 Å². The fourth-order valence-corrected chi connectivity index (χ4v) is 1.57. The Bertz CT molecular complexity index is 368. The minimum absolute atomic E-state index is 0.212. The minimum atomic E-state index is -1.23. The second-order valence-corrected chi connectivity index (χ2v) is 4.40. The number of carbonyl (C=O) groups is 1. The van der Waals surface area contributed by atoms with Crippen molar-refractivity contribution in [3.8, 4) is 0 Å². The van der Waals surface area contributed by atoms with Gasteiger partial charge in [0.25, 0.3) is 0 Å². The summed E-state index contributed by atoms with van der Waals surface area (Å²) in [5, 5.41) is 9.05. The molecule has 88 valence electrons. The second-order valence-electron chi connectivity index (χ2n) is 4.40. The van der Waals surface area contributed by atoms with Crippen LogP contribution in [0.4, 0.5) is 0 Å². The zero-order chi connectivity index (χ0) is 12.3. The van der Waals surface area contributed by atoms with Gasteiger partial charge in [0.1, 0.15) is 5.54 Å². The lowest BCUT2D eigenvalue weighted by Crippen LogP contribution is -2.49. The monoisotopic (exact) mass is 221 g/mol. The number of nitrogens with two attached hydrogens (primary N) is 1. The van der Waals surface area contributed by atoms with Gasteiger partial charge in [0.05, 0.1) is 0 Å². The molecule has 0 bridgehead atoms. The van der Waals surface area contributed by atoms with Crippen LogP contribution in [0.1, 0.15) is 37.8 Å². The highest BCUT2D eigenvalue weighted by molar-refractivity contribution is 5.79. The van der Waals surface area contributed by atoms with E-state index in [-0.39, 0.29) is 5.92 Å². The van der Waals surface area contributed by atoms with E-state index in [0.29, 0.717) is 0 Å². The van der Waals surface area contributed by atoms with Crippen molar-refractivity contribution in [1.29, 1.82) is 0 Å². The van der Waals surface area contributed by atoms with Crippen LogP contribution in [0.5, 0.6) is 0 Å². The maximum atomic E-state index is 11.0. The van der Waals surface area contributed by atoms with Gasteiger partial charge in [0.2, 0.25) is 0 Å². The number of rotatable bonds is 4. The Morgan fingerprint density at radius 2 is 1.94 bits per heavy atom. The fraction of sp³-hybridized carbons (Fsp3) is 0.462. The molecule has 0 saturated carbocycles. The van der Waals surface area contributed by atoms with Gasteiger partial charge in [0.15, 0.2) is 0 Å². The van der Waals surface area contributed by atoms with Crippen LogP contribution in [-0.4, -0.2) is 16.6 Å². The summed E-state index contributed by atoms with van der Waals surface area (Å²) in [5.41, 5.74) is 6.78. The van der Waals surface area contributed by atoms with E-state index >= 15 is 0 Å². The lowest BCUT2D eigenvalue weighted by Gasteiger charge is -2.27. The van der Waals surface area contributed by atoms with Crippen LogP contribution in [-0.2, 0) is 11.2 Å². The Morgan fingerprint density at radius 3 is 2.31 bits per heavy atom. The number of benzene rings is 1. The molecule has 0 spiro atoms. The third-order valence-electron chi connectivity index (χ3n) is 3.25. The second kappa shape index (κ2) is 4.66. The lowest BCUT2D eigenvalue weighted by atomic mass is 9.82. The van der Waals surface area contributed by atoms with Crippen molar-refractivity contribution in [2.75, 3.05) is 0 Å². The Labute approximate surface area is 96.3 Å². The van der Waals surface area contributed by atoms with E-state index in [4.69, 9.17) is 10.8 Å². The highest BCUT2D eigenvalue weighted by Crippen LogP contribution is 2.26. The number of hydrogen-bond donors (Lipinski definition) is 2. The Kier molecular flexibility index (Phi) is 3.70. The van der Waals surface area contributed by atoms with Crippen molar-refractivity contribution in [2.24, 2.45) is 5.73 Å². The first kappa shape index (κ1) is 12.7. The first-order valence-electron chi connectivity index (χ1n) is 5.50. The predicted octanol–water partition coefficient (Wildman–Crippen LogP) is 2.15. The normalized spacial score (nSPS) is 16.5. The highest BCUT2D eigenvalue weighted by Gasteiger charge is 2.35. The minimum Gasteiger partial charge on any atom is -0.480 e. The zero-order valence-electron chi connectivity index (χ0n) is 10.0. The Morgan fingerprint density at radius 1 is 1.44 bits per heavy atom. The molecular weight excluding hydrogens is 202 g/mol. The number of aliphatic carboxylic acids is 1. The van der Waals surface area contributed by atoms with Crippen molar-refractivity contribution >= 4 is 5.97 Å². The molecule has 0 radical (unpaired) electrons. The van der Waals surface area contributed by atoms with Crippen molar-refractivity contribution in [3.05, 3.63) is 35.4 Å². The standard InChI is InChI=1S/C13H19NO2/c1-4-10-5-7-11(8-6-10)9(2)13(3,14)12(15)16/h5-9H,4,14H2,1-3H3,(H,15,16). The summed E-state index contributed by atoms with van der Waals surface area (Å²) in [6.45, 7) is 5.48. The molecule has 0 amide bonds. The first-order valence-corrected chi connectivity index (χ1v) is 5.50. The van der Waals surface area contributed by atoms with Crippen molar-refractivity contribution < 1.29 is 9.90 Å². The van der Waals surface area contributed by atoms with Crippen molar-refractivity contribution in [1.82, 2.24) is 0 Å². The highest BCUT2D eigenvalue weighted by atomic mass is 16.4. The summed E-state index contributed by atoms with van der Waals surface area (Å²) in [4.78, 5) is 11.0. The molecule has 3 nitrogen and oxygen atoms in total. The molecule has 3 N–H and O–H groups in total. The molecule has 0 fully saturated rings. The van der Waals surface area contributed by atoms with E-state index in [1.54, 1.807) is 6.92 Å². The van der Waals surface area contributed by atoms with Gasteiger partial charge in [-0.1, -0.05) is 38.1 Å². The average Bonchev–Trinajstić information content (AvgIpc) is 2.28. The summed E-state index contributed by atoms with van der Waals surface area (Å²) < 4.78 is 0. The molecule has 16 heavy (non-hydrogen) atoms. The number of aryl methyl sites for hydroxylation is 1. The van der Waals surface area contributed by atoms with Crippen molar-refractivity contribution in [2.45, 2.75) is 38.6 Å². The molecular formula is C13H19NO2. The van der Waals surface area contributed by atoms with Gasteiger partial charge < -0.3 is 10.8 Å². The quantitative estimate of drug-likeness (QED) is 0.818. The third-order valence-corrected chi connectivity index (χ3v) is 3.25. The van der Waals surface area contributed by atoms with E-state index in [1.165, 1.54) is 5.56 Å². The summed E-state index contributed by atoms with van der Waals surface area (Å²) in [6.07, 6.45) is 0.980. The first-order chi connectivity index (χ1) is 7.39. The van der Waals surface area contributed by atoms with E-state index < -0.39 is 11.5 Å². The molecule has 3 heteroatoms.